The fourth-order valence-electron chi connectivity index (χ4n) is 3.22. The highest BCUT2D eigenvalue weighted by atomic mass is 19.1. The fraction of sp³-hybridized carbons (Fsp3) is 0.400. The largest absolute Gasteiger partial charge is 0.497 e. The lowest BCUT2D eigenvalue weighted by atomic mass is 9.91. The summed E-state index contributed by atoms with van der Waals surface area (Å²) in [4.78, 5) is 0. The first-order valence-corrected chi connectivity index (χ1v) is 8.55. The lowest BCUT2D eigenvalue weighted by Gasteiger charge is -2.37. The van der Waals surface area contributed by atoms with Crippen LogP contribution in [0.15, 0.2) is 42.5 Å². The van der Waals surface area contributed by atoms with Gasteiger partial charge in [-0.15, -0.1) is 0 Å². The van der Waals surface area contributed by atoms with Gasteiger partial charge in [-0.3, -0.25) is 0 Å². The second-order valence-corrected chi connectivity index (χ2v) is 6.53. The standard InChI is InChI=1S/C20H23FO5/c1-25-15-5-2-12(3-6-15)8-14-9-13(4-7-17(14)21)20-19(24)18(23)10-16(11-22)26-20/h2-7,9,16,18-20,22-24H,8,10-11H2,1H3. The molecular weight excluding hydrogens is 339 g/mol. The van der Waals surface area contributed by atoms with E-state index >= 15 is 0 Å². The maximum atomic E-state index is 14.3. The van der Waals surface area contributed by atoms with Crippen LogP contribution in [-0.2, 0) is 11.2 Å². The third kappa shape index (κ3) is 4.04. The quantitative estimate of drug-likeness (QED) is 0.758. The molecule has 0 amide bonds. The van der Waals surface area contributed by atoms with E-state index in [9.17, 15) is 19.7 Å². The molecule has 26 heavy (non-hydrogen) atoms. The summed E-state index contributed by atoms with van der Waals surface area (Å²) in [6.45, 7) is -0.250. The van der Waals surface area contributed by atoms with Crippen molar-refractivity contribution in [1.82, 2.24) is 0 Å². The van der Waals surface area contributed by atoms with Gasteiger partial charge in [-0.05, 0) is 41.0 Å². The molecule has 1 aliphatic rings. The predicted molar refractivity (Wildman–Crippen MR) is 93.5 cm³/mol. The van der Waals surface area contributed by atoms with Crippen LogP contribution in [0.2, 0.25) is 0 Å². The Balaban J connectivity index is 1.84. The topological polar surface area (TPSA) is 79.2 Å². The van der Waals surface area contributed by atoms with Gasteiger partial charge in [-0.2, -0.15) is 0 Å². The van der Waals surface area contributed by atoms with Gasteiger partial charge in [0.2, 0.25) is 0 Å². The molecule has 3 rings (SSSR count). The van der Waals surface area contributed by atoms with Crippen molar-refractivity contribution in [3.05, 3.63) is 65.0 Å². The third-order valence-electron chi connectivity index (χ3n) is 4.70. The SMILES string of the molecule is COc1ccc(Cc2cc(C3OC(CO)CC(O)C3O)ccc2F)cc1. The Morgan fingerprint density at radius 1 is 1.15 bits per heavy atom. The lowest BCUT2D eigenvalue weighted by Crippen LogP contribution is -2.44. The van der Waals surface area contributed by atoms with Crippen LogP contribution in [0.1, 0.15) is 29.2 Å². The Bertz CT molecular complexity index is 733. The zero-order chi connectivity index (χ0) is 18.7. The molecule has 0 bridgehead atoms. The second kappa shape index (κ2) is 8.14. The minimum atomic E-state index is -1.13. The summed E-state index contributed by atoms with van der Waals surface area (Å²) in [5.74, 6) is 0.375. The summed E-state index contributed by atoms with van der Waals surface area (Å²) in [5, 5.41) is 29.5. The van der Waals surface area contributed by atoms with Gasteiger partial charge in [0, 0.05) is 12.8 Å². The van der Waals surface area contributed by atoms with E-state index in [4.69, 9.17) is 9.47 Å². The Morgan fingerprint density at radius 3 is 2.54 bits per heavy atom. The molecule has 0 radical (unpaired) electrons. The van der Waals surface area contributed by atoms with E-state index in [1.165, 1.54) is 12.1 Å². The van der Waals surface area contributed by atoms with E-state index in [-0.39, 0.29) is 18.8 Å². The Morgan fingerprint density at radius 2 is 1.88 bits per heavy atom. The molecule has 1 saturated heterocycles. The van der Waals surface area contributed by atoms with E-state index in [2.05, 4.69) is 0 Å². The van der Waals surface area contributed by atoms with Crippen LogP contribution in [0.25, 0.3) is 0 Å². The van der Waals surface area contributed by atoms with Crippen LogP contribution in [0.5, 0.6) is 5.75 Å². The minimum Gasteiger partial charge on any atom is -0.497 e. The first kappa shape index (κ1) is 18.8. The average molecular weight is 362 g/mol. The molecule has 1 aliphatic heterocycles. The van der Waals surface area contributed by atoms with E-state index in [1.807, 2.05) is 24.3 Å². The second-order valence-electron chi connectivity index (χ2n) is 6.53. The number of ether oxygens (including phenoxy) is 2. The first-order valence-electron chi connectivity index (χ1n) is 8.55. The molecule has 1 fully saturated rings. The Kier molecular flexibility index (Phi) is 5.88. The number of aliphatic hydroxyl groups is 3. The van der Waals surface area contributed by atoms with Gasteiger partial charge in [-0.25, -0.2) is 4.39 Å². The van der Waals surface area contributed by atoms with Crippen LogP contribution in [0.3, 0.4) is 0 Å². The van der Waals surface area contributed by atoms with E-state index in [1.54, 1.807) is 13.2 Å². The van der Waals surface area contributed by atoms with Gasteiger partial charge >= 0.3 is 0 Å². The number of benzene rings is 2. The molecule has 0 aromatic heterocycles. The molecular formula is C20H23FO5. The molecule has 0 spiro atoms. The van der Waals surface area contributed by atoms with E-state index in [0.717, 1.165) is 11.3 Å². The highest BCUT2D eigenvalue weighted by Gasteiger charge is 2.37. The smallest absolute Gasteiger partial charge is 0.126 e. The summed E-state index contributed by atoms with van der Waals surface area (Å²) in [6, 6.07) is 11.9. The van der Waals surface area contributed by atoms with Gasteiger partial charge in [0.25, 0.3) is 0 Å². The van der Waals surface area contributed by atoms with Crippen LogP contribution in [0.4, 0.5) is 4.39 Å². The van der Waals surface area contributed by atoms with Crippen LogP contribution >= 0.6 is 0 Å². The van der Waals surface area contributed by atoms with Crippen LogP contribution < -0.4 is 4.74 Å². The number of rotatable bonds is 5. The number of halogens is 1. The summed E-state index contributed by atoms with van der Waals surface area (Å²) in [7, 11) is 1.59. The molecule has 3 N–H and O–H groups in total. The Labute approximate surface area is 151 Å². The van der Waals surface area contributed by atoms with Gasteiger partial charge in [-0.1, -0.05) is 18.2 Å². The van der Waals surface area contributed by atoms with Crippen molar-refractivity contribution in [3.8, 4) is 5.75 Å². The number of hydrogen-bond donors (Lipinski definition) is 3. The molecule has 140 valence electrons. The maximum absolute atomic E-state index is 14.3. The lowest BCUT2D eigenvalue weighted by molar-refractivity contribution is -0.179. The predicted octanol–water partition coefficient (Wildman–Crippen LogP) is 1.97. The van der Waals surface area contributed by atoms with Gasteiger partial charge in [0.05, 0.1) is 25.9 Å². The molecule has 1 heterocycles. The van der Waals surface area contributed by atoms with Crippen molar-refractivity contribution < 1.29 is 29.2 Å². The highest BCUT2D eigenvalue weighted by Crippen LogP contribution is 2.33. The summed E-state index contributed by atoms with van der Waals surface area (Å²) in [5.41, 5.74) is 1.95. The highest BCUT2D eigenvalue weighted by molar-refractivity contribution is 5.34. The fourth-order valence-corrected chi connectivity index (χ4v) is 3.22. The van der Waals surface area contributed by atoms with Gasteiger partial charge in [0.1, 0.15) is 23.8 Å². The molecule has 6 heteroatoms. The molecule has 5 nitrogen and oxygen atoms in total. The first-order chi connectivity index (χ1) is 12.5. The minimum absolute atomic E-state index is 0.161. The van der Waals surface area contributed by atoms with E-state index < -0.39 is 24.4 Å². The molecule has 0 aliphatic carbocycles. The van der Waals surface area contributed by atoms with Crippen molar-refractivity contribution in [1.29, 1.82) is 0 Å². The molecule has 4 unspecified atom stereocenters. The average Bonchev–Trinajstić information content (AvgIpc) is 2.66. The number of methoxy groups -OCH3 is 1. The van der Waals surface area contributed by atoms with Crippen molar-refractivity contribution in [3.63, 3.8) is 0 Å². The van der Waals surface area contributed by atoms with Crippen LogP contribution in [-0.4, -0.2) is 47.3 Å². The molecule has 0 saturated carbocycles. The van der Waals surface area contributed by atoms with Crippen molar-refractivity contribution >= 4 is 0 Å². The zero-order valence-corrected chi connectivity index (χ0v) is 14.5. The monoisotopic (exact) mass is 362 g/mol. The molecule has 4 atom stereocenters. The Hall–Kier alpha value is -1.99. The van der Waals surface area contributed by atoms with Gasteiger partial charge < -0.3 is 24.8 Å². The van der Waals surface area contributed by atoms with Crippen molar-refractivity contribution in [2.24, 2.45) is 0 Å². The van der Waals surface area contributed by atoms with Crippen molar-refractivity contribution in [2.45, 2.75) is 37.3 Å². The summed E-state index contributed by atoms with van der Waals surface area (Å²) < 4.78 is 25.1. The zero-order valence-electron chi connectivity index (χ0n) is 14.5. The summed E-state index contributed by atoms with van der Waals surface area (Å²) in [6.07, 6.45) is -2.97. The van der Waals surface area contributed by atoms with Crippen LogP contribution in [0, 0.1) is 5.82 Å². The maximum Gasteiger partial charge on any atom is 0.126 e. The third-order valence-corrected chi connectivity index (χ3v) is 4.70. The molecule has 2 aromatic rings. The van der Waals surface area contributed by atoms with Crippen molar-refractivity contribution in [2.75, 3.05) is 13.7 Å². The van der Waals surface area contributed by atoms with E-state index in [0.29, 0.717) is 17.5 Å². The number of hydrogen-bond acceptors (Lipinski definition) is 5. The summed E-state index contributed by atoms with van der Waals surface area (Å²) >= 11 is 0. The molecule has 2 aromatic carbocycles. The number of aliphatic hydroxyl groups excluding tert-OH is 3. The van der Waals surface area contributed by atoms with Gasteiger partial charge in [0.15, 0.2) is 0 Å². The normalized spacial score (nSPS) is 25.9.